The molecule has 0 unspecified atom stereocenters. The third-order valence-electron chi connectivity index (χ3n) is 1.50. The molecule has 156 valence electrons. The predicted octanol–water partition coefficient (Wildman–Crippen LogP) is 2.21. The minimum atomic E-state index is -1.11. The minimum absolute atomic E-state index is 0. The highest BCUT2D eigenvalue weighted by atomic mass is 28.4. The molecule has 0 atom stereocenters. The van der Waals surface area contributed by atoms with Crippen LogP contribution in [0.15, 0.2) is 0 Å². The summed E-state index contributed by atoms with van der Waals surface area (Å²) in [4.78, 5) is 0. The van der Waals surface area contributed by atoms with Crippen molar-refractivity contribution in [2.75, 3.05) is 0 Å². The second-order valence-corrected chi connectivity index (χ2v) is 32.2. The molecule has 24 heavy (non-hydrogen) atoms. The Morgan fingerprint density at radius 2 is 0.542 bits per heavy atom. The summed E-state index contributed by atoms with van der Waals surface area (Å²) >= 11 is 0. The molecule has 0 bridgehead atoms. The fraction of sp³-hybridized carbons (Fsp3) is 1.00. The topological polar surface area (TPSA) is 76.1 Å². The van der Waals surface area contributed by atoms with Crippen molar-refractivity contribution in [3.05, 3.63) is 0 Å². The van der Waals surface area contributed by atoms with Crippen LogP contribution in [0.3, 0.4) is 0 Å². The van der Waals surface area contributed by atoms with Crippen molar-refractivity contribution >= 4 is 53.7 Å². The SMILES string of the molecule is C.C.C[Si](C)(C)N.C[Si](C)(C)N.C[Si](C)(C)N[SiH3].C[Si](C)(C)N[SiH3]. The lowest BCUT2D eigenvalue weighted by Gasteiger charge is -2.12. The van der Waals surface area contributed by atoms with Crippen molar-refractivity contribution in [3.63, 3.8) is 0 Å². The third-order valence-corrected chi connectivity index (χ3v) is 13.5. The standard InChI is InChI=1S/2C3H13NSi2.2C3H11NSi.2CH4/c2*1-6(2,3)4-5;2*1-5(2,3)4;;/h2*4H,1-3,5H3;2*4H2,1-3H3;2*1H4. The molecule has 0 aliphatic rings. The van der Waals surface area contributed by atoms with E-state index in [0.29, 0.717) is 0 Å². The van der Waals surface area contributed by atoms with E-state index in [-0.39, 0.29) is 14.9 Å². The van der Waals surface area contributed by atoms with Gasteiger partial charge in [-0.1, -0.05) is 93.4 Å². The maximum Gasteiger partial charge on any atom is 0.113 e. The van der Waals surface area contributed by atoms with Gasteiger partial charge in [-0.3, -0.25) is 0 Å². The normalized spacial score (nSPS) is 11.2. The van der Waals surface area contributed by atoms with E-state index in [1.54, 1.807) is 0 Å². The second kappa shape index (κ2) is 17.5. The van der Waals surface area contributed by atoms with E-state index in [2.05, 4.69) is 87.9 Å². The Bertz CT molecular complexity index is 202. The van der Waals surface area contributed by atoms with Gasteiger partial charge in [0.15, 0.2) is 0 Å². The zero-order valence-corrected chi connectivity index (χ0v) is 26.2. The van der Waals surface area contributed by atoms with E-state index >= 15 is 0 Å². The van der Waals surface area contributed by atoms with Gasteiger partial charge in [-0.15, -0.1) is 0 Å². The van der Waals surface area contributed by atoms with Crippen molar-refractivity contribution in [3.8, 4) is 0 Å². The lowest BCUT2D eigenvalue weighted by molar-refractivity contribution is 1.43. The predicted molar refractivity (Wildman–Crippen MR) is 141 cm³/mol. The Morgan fingerprint density at radius 3 is 0.542 bits per heavy atom. The van der Waals surface area contributed by atoms with Gasteiger partial charge < -0.3 is 20.1 Å². The van der Waals surface area contributed by atoms with Crippen LogP contribution in [-0.4, -0.2) is 53.7 Å². The van der Waals surface area contributed by atoms with E-state index in [1.807, 2.05) is 0 Å². The highest BCUT2D eigenvalue weighted by Gasteiger charge is 2.06. The molecule has 0 radical (unpaired) electrons. The summed E-state index contributed by atoms with van der Waals surface area (Å²) in [6, 6.07) is 0. The molecule has 0 aliphatic heterocycles. The van der Waals surface area contributed by atoms with Crippen LogP contribution < -0.4 is 20.1 Å². The van der Waals surface area contributed by atoms with E-state index in [1.165, 1.54) is 0 Å². The highest BCUT2D eigenvalue weighted by molar-refractivity contribution is 6.77. The fourth-order valence-electron chi connectivity index (χ4n) is 0. The molecule has 0 aromatic carbocycles. The zero-order valence-electron chi connectivity index (χ0n) is 18.2. The minimum Gasteiger partial charge on any atom is -0.367 e. The van der Waals surface area contributed by atoms with Gasteiger partial charge in [-0.05, 0) is 0 Å². The van der Waals surface area contributed by atoms with Gasteiger partial charge >= 0.3 is 0 Å². The van der Waals surface area contributed by atoms with E-state index in [4.69, 9.17) is 10.8 Å². The summed E-state index contributed by atoms with van der Waals surface area (Å²) in [6.07, 6.45) is 0. The van der Waals surface area contributed by atoms with Crippen LogP contribution in [0.4, 0.5) is 0 Å². The van der Waals surface area contributed by atoms with Crippen LogP contribution >= 0.6 is 0 Å². The van der Waals surface area contributed by atoms with Gasteiger partial charge in [0.1, 0.15) is 32.9 Å². The van der Waals surface area contributed by atoms with Gasteiger partial charge in [-0.25, -0.2) is 0 Å². The lowest BCUT2D eigenvalue weighted by atomic mass is 11.8. The average Bonchev–Trinajstić information content (AvgIpc) is 2.11. The van der Waals surface area contributed by atoms with Gasteiger partial charge in [0, 0.05) is 0 Å². The summed E-state index contributed by atoms with van der Waals surface area (Å²) in [5.41, 5.74) is 0. The molecule has 0 fully saturated rings. The Morgan fingerprint density at radius 1 is 0.500 bits per heavy atom. The fourth-order valence-corrected chi connectivity index (χ4v) is 0. The summed E-state index contributed by atoms with van der Waals surface area (Å²) in [5.74, 6) is 0. The summed E-state index contributed by atoms with van der Waals surface area (Å²) in [5, 5.41) is 11.0. The number of nitrogens with one attached hydrogen (secondary N) is 2. The molecule has 0 saturated heterocycles. The van der Waals surface area contributed by atoms with Crippen LogP contribution in [0.5, 0.6) is 0 Å². The molecule has 0 aromatic rings. The molecular weight excluding hydrogens is 393 g/mol. The van der Waals surface area contributed by atoms with Crippen molar-refractivity contribution in [1.29, 1.82) is 0 Å². The maximum absolute atomic E-state index is 5.49. The van der Waals surface area contributed by atoms with Crippen LogP contribution in [0, 0.1) is 0 Å². The summed E-state index contributed by atoms with van der Waals surface area (Å²) in [7, 11) is -1.54. The smallest absolute Gasteiger partial charge is 0.113 e. The third kappa shape index (κ3) is 222. The van der Waals surface area contributed by atoms with Crippen molar-refractivity contribution in [1.82, 2.24) is 9.30 Å². The molecular formula is C14H56N4Si6. The molecule has 0 heterocycles. The molecule has 10 heteroatoms. The van der Waals surface area contributed by atoms with Gasteiger partial charge in [-0.2, -0.15) is 0 Å². The van der Waals surface area contributed by atoms with Crippen LogP contribution in [0.25, 0.3) is 0 Å². The maximum atomic E-state index is 5.49. The van der Waals surface area contributed by atoms with Gasteiger partial charge in [0.25, 0.3) is 0 Å². The summed E-state index contributed by atoms with van der Waals surface area (Å²) < 4.78 is 6.76. The molecule has 4 nitrogen and oxygen atoms in total. The number of hydrogen-bond donors (Lipinski definition) is 4. The first-order chi connectivity index (χ1) is 9.12. The lowest BCUT2D eigenvalue weighted by Crippen LogP contribution is -2.38. The van der Waals surface area contributed by atoms with Crippen LogP contribution in [-0.2, 0) is 0 Å². The van der Waals surface area contributed by atoms with Crippen LogP contribution in [0.1, 0.15) is 14.9 Å². The molecule has 0 spiro atoms. The van der Waals surface area contributed by atoms with Gasteiger partial charge in [0.05, 0.1) is 20.8 Å². The zero-order chi connectivity index (χ0) is 19.4. The van der Waals surface area contributed by atoms with Crippen molar-refractivity contribution < 1.29 is 0 Å². The Hall–Kier alpha value is 1.14. The number of nitrogens with two attached hydrogens (primary N) is 2. The monoisotopic (exact) mass is 448 g/mol. The largest absolute Gasteiger partial charge is 0.367 e. The van der Waals surface area contributed by atoms with Crippen LogP contribution in [0.2, 0.25) is 78.6 Å². The van der Waals surface area contributed by atoms with Gasteiger partial charge in [0.2, 0.25) is 0 Å². The first-order valence-electron chi connectivity index (χ1n) is 8.08. The molecule has 0 aromatic heterocycles. The Kier molecular flexibility index (Phi) is 29.2. The second-order valence-electron chi connectivity index (χ2n) is 9.73. The average molecular weight is 449 g/mol. The van der Waals surface area contributed by atoms with E-state index < -0.39 is 32.9 Å². The first kappa shape index (κ1) is 40.0. The molecule has 0 aliphatic carbocycles. The number of hydrogen-bond acceptors (Lipinski definition) is 4. The quantitative estimate of drug-likeness (QED) is 0.488. The first-order valence-corrected chi connectivity index (χ1v) is 24.2. The Balaban J connectivity index is -0.0000000439. The molecule has 6 N–H and O–H groups in total. The summed E-state index contributed by atoms with van der Waals surface area (Å²) in [6.45, 7) is 26.5. The van der Waals surface area contributed by atoms with Crippen molar-refractivity contribution in [2.45, 2.75) is 93.4 Å². The molecule has 0 amide bonds. The van der Waals surface area contributed by atoms with E-state index in [0.717, 1.165) is 20.8 Å². The Labute approximate surface area is 167 Å². The molecule has 0 saturated carbocycles. The highest BCUT2D eigenvalue weighted by Crippen LogP contribution is 1.89. The van der Waals surface area contributed by atoms with E-state index in [9.17, 15) is 0 Å². The number of rotatable bonds is 2. The van der Waals surface area contributed by atoms with Crippen molar-refractivity contribution in [2.24, 2.45) is 10.8 Å². The molecule has 0 rings (SSSR count).